The molecule has 2 aromatic carbocycles. The summed E-state index contributed by atoms with van der Waals surface area (Å²) in [6, 6.07) is 13.0. The van der Waals surface area contributed by atoms with E-state index in [0.717, 1.165) is 5.56 Å². The zero-order valence-corrected chi connectivity index (χ0v) is 14.8. The molecule has 0 unspecified atom stereocenters. The number of hydrogen-bond donors (Lipinski definition) is 2. The minimum Gasteiger partial charge on any atom is -0.493 e. The first-order valence-corrected chi connectivity index (χ1v) is 8.61. The van der Waals surface area contributed by atoms with E-state index in [1.54, 1.807) is 30.3 Å². The van der Waals surface area contributed by atoms with Crippen LogP contribution in [0, 0.1) is 5.82 Å². The molecule has 0 spiro atoms. The van der Waals surface area contributed by atoms with Crippen LogP contribution in [0.25, 0.3) is 0 Å². The predicted molar refractivity (Wildman–Crippen MR) is 97.4 cm³/mol. The fourth-order valence-electron chi connectivity index (χ4n) is 2.37. The summed E-state index contributed by atoms with van der Waals surface area (Å²) in [7, 11) is 0. The van der Waals surface area contributed by atoms with Crippen molar-refractivity contribution in [3.63, 3.8) is 0 Å². The highest BCUT2D eigenvalue weighted by Gasteiger charge is 2.11. The number of carbonyl (C=O) groups excluding carboxylic acids is 2. The summed E-state index contributed by atoms with van der Waals surface area (Å²) in [6.45, 7) is 3.09. The molecule has 2 N–H and O–H groups in total. The van der Waals surface area contributed by atoms with E-state index >= 15 is 0 Å². The lowest BCUT2D eigenvalue weighted by molar-refractivity contribution is -0.121. The van der Waals surface area contributed by atoms with Crippen LogP contribution in [0.1, 0.15) is 35.7 Å². The van der Waals surface area contributed by atoms with E-state index in [-0.39, 0.29) is 17.6 Å². The van der Waals surface area contributed by atoms with Crippen molar-refractivity contribution in [2.45, 2.75) is 26.3 Å². The topological polar surface area (TPSA) is 67.4 Å². The monoisotopic (exact) mass is 358 g/mol. The van der Waals surface area contributed by atoms with E-state index in [2.05, 4.69) is 10.6 Å². The number of rotatable bonds is 9. The van der Waals surface area contributed by atoms with Gasteiger partial charge in [-0.15, -0.1) is 0 Å². The molecule has 0 fully saturated rings. The highest BCUT2D eigenvalue weighted by atomic mass is 19.1. The molecule has 0 saturated carbocycles. The second kappa shape index (κ2) is 10.2. The number of carbonyl (C=O) groups is 2. The third-order valence-electron chi connectivity index (χ3n) is 3.70. The van der Waals surface area contributed by atoms with Crippen LogP contribution in [-0.2, 0) is 11.3 Å². The molecule has 6 heteroatoms. The van der Waals surface area contributed by atoms with Crippen molar-refractivity contribution in [1.82, 2.24) is 10.6 Å². The number of para-hydroxylation sites is 1. The predicted octanol–water partition coefficient (Wildman–Crippen LogP) is 3.05. The molecule has 138 valence electrons. The normalized spacial score (nSPS) is 10.2. The van der Waals surface area contributed by atoms with Crippen LogP contribution in [0.3, 0.4) is 0 Å². The molecule has 0 bridgehead atoms. The van der Waals surface area contributed by atoms with E-state index in [1.165, 1.54) is 12.1 Å². The van der Waals surface area contributed by atoms with E-state index in [0.29, 0.717) is 43.9 Å². The first kappa shape index (κ1) is 19.4. The van der Waals surface area contributed by atoms with Gasteiger partial charge in [-0.1, -0.05) is 24.3 Å². The summed E-state index contributed by atoms with van der Waals surface area (Å²) in [6.07, 6.45) is 0.826. The average Bonchev–Trinajstić information content (AvgIpc) is 2.65. The van der Waals surface area contributed by atoms with Gasteiger partial charge in [0.05, 0.1) is 12.2 Å². The van der Waals surface area contributed by atoms with Gasteiger partial charge >= 0.3 is 0 Å². The van der Waals surface area contributed by atoms with E-state index < -0.39 is 0 Å². The first-order chi connectivity index (χ1) is 12.6. The molecular formula is C20H23FN2O3. The second-order valence-electron chi connectivity index (χ2n) is 5.69. The Balaban J connectivity index is 1.68. The van der Waals surface area contributed by atoms with Crippen LogP contribution in [0.5, 0.6) is 5.75 Å². The van der Waals surface area contributed by atoms with Gasteiger partial charge in [0.1, 0.15) is 11.6 Å². The first-order valence-electron chi connectivity index (χ1n) is 8.61. The number of ether oxygens (including phenoxy) is 1. The number of amides is 2. The molecule has 0 aliphatic carbocycles. The number of halogens is 1. The van der Waals surface area contributed by atoms with Crippen molar-refractivity contribution in [1.29, 1.82) is 0 Å². The van der Waals surface area contributed by atoms with Crippen molar-refractivity contribution >= 4 is 11.8 Å². The lowest BCUT2D eigenvalue weighted by atomic mass is 10.2. The summed E-state index contributed by atoms with van der Waals surface area (Å²) < 4.78 is 18.3. The molecule has 0 aromatic heterocycles. The Bertz CT molecular complexity index is 732. The third kappa shape index (κ3) is 6.20. The van der Waals surface area contributed by atoms with Crippen LogP contribution in [0.2, 0.25) is 0 Å². The van der Waals surface area contributed by atoms with Gasteiger partial charge in [-0.05, 0) is 43.2 Å². The van der Waals surface area contributed by atoms with Gasteiger partial charge in [-0.2, -0.15) is 0 Å². The molecule has 0 saturated heterocycles. The molecular weight excluding hydrogens is 335 g/mol. The lowest BCUT2D eigenvalue weighted by Gasteiger charge is -2.10. The quantitative estimate of drug-likeness (QED) is 0.677. The smallest absolute Gasteiger partial charge is 0.255 e. The average molecular weight is 358 g/mol. The van der Waals surface area contributed by atoms with Crippen molar-refractivity contribution in [2.24, 2.45) is 0 Å². The van der Waals surface area contributed by atoms with Crippen LogP contribution >= 0.6 is 0 Å². The third-order valence-corrected chi connectivity index (χ3v) is 3.70. The van der Waals surface area contributed by atoms with E-state index in [1.807, 2.05) is 13.0 Å². The number of hydrogen-bond acceptors (Lipinski definition) is 3. The number of benzene rings is 2. The fraction of sp³-hybridized carbons (Fsp3) is 0.300. The Kier molecular flexibility index (Phi) is 7.61. The molecule has 0 atom stereocenters. The minimum atomic E-state index is -0.304. The zero-order chi connectivity index (χ0) is 18.8. The summed E-state index contributed by atoms with van der Waals surface area (Å²) in [5.74, 6) is -0.0923. The van der Waals surface area contributed by atoms with Crippen LogP contribution in [0.4, 0.5) is 4.39 Å². The highest BCUT2D eigenvalue weighted by Crippen LogP contribution is 2.17. The Morgan fingerprint density at radius 1 is 1.04 bits per heavy atom. The fourth-order valence-corrected chi connectivity index (χ4v) is 2.37. The summed E-state index contributed by atoms with van der Waals surface area (Å²) in [5, 5.41) is 5.56. The van der Waals surface area contributed by atoms with E-state index in [9.17, 15) is 14.0 Å². The number of nitrogens with one attached hydrogen (secondary N) is 2. The molecule has 0 radical (unpaired) electrons. The second-order valence-corrected chi connectivity index (χ2v) is 5.69. The summed E-state index contributed by atoms with van der Waals surface area (Å²) in [5.41, 5.74) is 1.32. The molecule has 2 aromatic rings. The Labute approximate surface area is 152 Å². The molecule has 5 nitrogen and oxygen atoms in total. The van der Waals surface area contributed by atoms with Crippen molar-refractivity contribution in [2.75, 3.05) is 13.2 Å². The lowest BCUT2D eigenvalue weighted by Crippen LogP contribution is -2.27. The zero-order valence-electron chi connectivity index (χ0n) is 14.8. The molecule has 26 heavy (non-hydrogen) atoms. The maximum Gasteiger partial charge on any atom is 0.255 e. The molecule has 2 amide bonds. The summed E-state index contributed by atoms with van der Waals surface area (Å²) >= 11 is 0. The molecule has 0 aliphatic heterocycles. The van der Waals surface area contributed by atoms with Gasteiger partial charge in [-0.25, -0.2) is 4.39 Å². The maximum absolute atomic E-state index is 12.8. The minimum absolute atomic E-state index is 0.113. The van der Waals surface area contributed by atoms with Crippen LogP contribution in [-0.4, -0.2) is 25.0 Å². The molecule has 0 heterocycles. The SMILES string of the molecule is CCOc1ccccc1C(=O)NCCCC(=O)NCc1ccc(F)cc1. The van der Waals surface area contributed by atoms with Gasteiger partial charge in [-0.3, -0.25) is 9.59 Å². The highest BCUT2D eigenvalue weighted by molar-refractivity contribution is 5.96. The Morgan fingerprint density at radius 2 is 1.77 bits per heavy atom. The Morgan fingerprint density at radius 3 is 2.50 bits per heavy atom. The summed E-state index contributed by atoms with van der Waals surface area (Å²) in [4.78, 5) is 24.0. The van der Waals surface area contributed by atoms with Crippen molar-refractivity contribution in [3.05, 3.63) is 65.5 Å². The largest absolute Gasteiger partial charge is 0.493 e. The Hall–Kier alpha value is -2.89. The van der Waals surface area contributed by atoms with E-state index in [4.69, 9.17) is 4.74 Å². The van der Waals surface area contributed by atoms with Crippen LogP contribution < -0.4 is 15.4 Å². The van der Waals surface area contributed by atoms with Gasteiger partial charge in [0.25, 0.3) is 5.91 Å². The maximum atomic E-state index is 12.8. The standard InChI is InChI=1S/C20H23FN2O3/c1-2-26-18-7-4-3-6-17(18)20(25)22-13-5-8-19(24)23-14-15-9-11-16(21)12-10-15/h3-4,6-7,9-12H,2,5,8,13-14H2,1H3,(H,22,25)(H,23,24). The molecule has 2 rings (SSSR count). The van der Waals surface area contributed by atoms with Gasteiger partial charge < -0.3 is 15.4 Å². The van der Waals surface area contributed by atoms with Gasteiger partial charge in [0.2, 0.25) is 5.91 Å². The van der Waals surface area contributed by atoms with Gasteiger partial charge in [0.15, 0.2) is 0 Å². The van der Waals surface area contributed by atoms with Gasteiger partial charge in [0, 0.05) is 19.5 Å². The van der Waals surface area contributed by atoms with Crippen molar-refractivity contribution < 1.29 is 18.7 Å². The van der Waals surface area contributed by atoms with Crippen molar-refractivity contribution in [3.8, 4) is 5.75 Å². The molecule has 0 aliphatic rings. The van der Waals surface area contributed by atoms with Crippen LogP contribution in [0.15, 0.2) is 48.5 Å².